The van der Waals surface area contributed by atoms with Crippen LogP contribution in [0.1, 0.15) is 40.9 Å². The van der Waals surface area contributed by atoms with Gasteiger partial charge in [-0.3, -0.25) is 4.79 Å². The second-order valence-electron chi connectivity index (χ2n) is 7.71. The van der Waals surface area contributed by atoms with Gasteiger partial charge in [0.1, 0.15) is 11.4 Å². The third-order valence-corrected chi connectivity index (χ3v) is 5.64. The fourth-order valence-electron chi connectivity index (χ4n) is 3.95. The van der Waals surface area contributed by atoms with Gasteiger partial charge in [0, 0.05) is 38.4 Å². The number of aromatic nitrogens is 2. The van der Waals surface area contributed by atoms with E-state index in [1.165, 1.54) is 6.42 Å². The summed E-state index contributed by atoms with van der Waals surface area (Å²) in [6, 6.07) is 6.71. The normalized spacial score (nSPS) is 20.0. The summed E-state index contributed by atoms with van der Waals surface area (Å²) < 4.78 is 0. The number of aromatic hydroxyl groups is 1. The highest BCUT2D eigenvalue weighted by Gasteiger charge is 2.25. The van der Waals surface area contributed by atoms with E-state index >= 15 is 0 Å². The van der Waals surface area contributed by atoms with Gasteiger partial charge in [0.15, 0.2) is 0 Å². The van der Waals surface area contributed by atoms with Crippen LogP contribution in [-0.4, -0.2) is 57.9 Å². The lowest BCUT2D eigenvalue weighted by Crippen LogP contribution is -2.49. The van der Waals surface area contributed by atoms with Crippen LogP contribution in [0.3, 0.4) is 0 Å². The first-order valence-corrected chi connectivity index (χ1v) is 10.2. The molecule has 0 saturated carbocycles. The Morgan fingerprint density at radius 2 is 2.07 bits per heavy atom. The zero-order valence-electron chi connectivity index (χ0n) is 16.3. The summed E-state index contributed by atoms with van der Waals surface area (Å²) >= 11 is 0. The molecule has 0 aliphatic carbocycles. The van der Waals surface area contributed by atoms with Crippen LogP contribution in [0.25, 0.3) is 0 Å². The van der Waals surface area contributed by atoms with Gasteiger partial charge < -0.3 is 25.7 Å². The van der Waals surface area contributed by atoms with E-state index in [-0.39, 0.29) is 24.2 Å². The number of aliphatic hydroxyl groups is 1. The Labute approximate surface area is 170 Å². The van der Waals surface area contributed by atoms with E-state index < -0.39 is 6.10 Å². The Balaban J connectivity index is 1.33. The van der Waals surface area contributed by atoms with Crippen molar-refractivity contribution in [3.05, 3.63) is 47.3 Å². The van der Waals surface area contributed by atoms with Gasteiger partial charge in [-0.05, 0) is 55.0 Å². The van der Waals surface area contributed by atoms with E-state index in [1.54, 1.807) is 24.4 Å². The molecule has 29 heavy (non-hydrogen) atoms. The number of nitrogens with zero attached hydrogens (tertiary/aromatic N) is 3. The summed E-state index contributed by atoms with van der Waals surface area (Å²) in [4.78, 5) is 23.3. The van der Waals surface area contributed by atoms with Gasteiger partial charge in [-0.1, -0.05) is 6.07 Å². The Kier molecular flexibility index (Phi) is 5.92. The lowest BCUT2D eigenvalue weighted by molar-refractivity contribution is 0.0865. The quantitative estimate of drug-likeness (QED) is 0.595. The molecular formula is C21H27N5O3. The molecule has 8 heteroatoms. The largest absolute Gasteiger partial charge is 0.508 e. The molecule has 4 rings (SSSR count). The Morgan fingerprint density at radius 3 is 2.90 bits per heavy atom. The van der Waals surface area contributed by atoms with Crippen molar-refractivity contribution in [3.63, 3.8) is 0 Å². The van der Waals surface area contributed by atoms with E-state index in [1.807, 2.05) is 6.07 Å². The van der Waals surface area contributed by atoms with Crippen LogP contribution in [0, 0.1) is 0 Å². The monoisotopic (exact) mass is 397 g/mol. The molecule has 1 aromatic carbocycles. The fraction of sp³-hybridized carbons (Fsp3) is 0.476. The summed E-state index contributed by atoms with van der Waals surface area (Å²) in [6.07, 6.45) is 4.96. The lowest BCUT2D eigenvalue weighted by atomic mass is 9.92. The summed E-state index contributed by atoms with van der Waals surface area (Å²) in [7, 11) is 0. The van der Waals surface area contributed by atoms with Gasteiger partial charge >= 0.3 is 0 Å². The van der Waals surface area contributed by atoms with Crippen molar-refractivity contribution in [2.24, 2.45) is 0 Å². The second kappa shape index (κ2) is 8.75. The number of aliphatic hydroxyl groups excluding tert-OH is 1. The maximum absolute atomic E-state index is 12.5. The van der Waals surface area contributed by atoms with Crippen LogP contribution in [0.4, 0.5) is 5.95 Å². The fourth-order valence-corrected chi connectivity index (χ4v) is 3.95. The van der Waals surface area contributed by atoms with Crippen molar-refractivity contribution in [2.75, 3.05) is 24.5 Å². The molecule has 3 heterocycles. The van der Waals surface area contributed by atoms with Crippen molar-refractivity contribution in [2.45, 2.75) is 44.4 Å². The van der Waals surface area contributed by atoms with E-state index in [2.05, 4.69) is 25.5 Å². The van der Waals surface area contributed by atoms with Gasteiger partial charge in [-0.25, -0.2) is 9.97 Å². The van der Waals surface area contributed by atoms with Gasteiger partial charge in [-0.15, -0.1) is 0 Å². The molecule has 1 saturated heterocycles. The molecule has 2 aliphatic rings. The number of fused-ring (bicyclic) bond motifs is 1. The van der Waals surface area contributed by atoms with E-state index in [4.69, 9.17) is 0 Å². The van der Waals surface area contributed by atoms with Gasteiger partial charge in [0.05, 0.1) is 6.10 Å². The standard InChI is InChI=1S/C21H27N5O3/c27-16-5-4-14-11-18(23-12-15(14)10-16)19(28)13-24-20(29)17-6-7-22-21(25-17)26-8-2-1-3-9-26/h4-7,10,18-19,23,27-28H,1-3,8-9,11-13H2,(H,24,29)/t18-,19+/m0/s1. The molecule has 4 N–H and O–H groups in total. The number of hydrogen-bond acceptors (Lipinski definition) is 7. The summed E-state index contributed by atoms with van der Waals surface area (Å²) in [5.74, 6) is 0.517. The van der Waals surface area contributed by atoms with Crippen molar-refractivity contribution in [3.8, 4) is 5.75 Å². The molecule has 0 radical (unpaired) electrons. The average molecular weight is 397 g/mol. The molecule has 154 valence electrons. The number of carbonyl (C=O) groups is 1. The average Bonchev–Trinajstić information content (AvgIpc) is 2.77. The number of phenolic OH excluding ortho intramolecular Hbond substituents is 1. The number of anilines is 1. The number of rotatable bonds is 5. The molecule has 1 aromatic heterocycles. The van der Waals surface area contributed by atoms with Crippen LogP contribution in [0.5, 0.6) is 5.75 Å². The Bertz CT molecular complexity index is 869. The molecule has 2 atom stereocenters. The molecule has 0 spiro atoms. The maximum Gasteiger partial charge on any atom is 0.270 e. The van der Waals surface area contributed by atoms with Crippen LogP contribution < -0.4 is 15.5 Å². The minimum atomic E-state index is -0.732. The Morgan fingerprint density at radius 1 is 1.24 bits per heavy atom. The van der Waals surface area contributed by atoms with Crippen LogP contribution >= 0.6 is 0 Å². The first-order chi connectivity index (χ1) is 14.1. The maximum atomic E-state index is 12.5. The smallest absolute Gasteiger partial charge is 0.270 e. The summed E-state index contributed by atoms with van der Waals surface area (Å²) in [5, 5.41) is 26.2. The number of benzene rings is 1. The highest BCUT2D eigenvalue weighted by atomic mass is 16.3. The predicted molar refractivity (Wildman–Crippen MR) is 109 cm³/mol. The number of hydrogen-bond donors (Lipinski definition) is 4. The summed E-state index contributed by atoms with van der Waals surface area (Å²) in [6.45, 7) is 2.53. The topological polar surface area (TPSA) is 111 Å². The van der Waals surface area contributed by atoms with Crippen LogP contribution in [0.2, 0.25) is 0 Å². The molecule has 1 fully saturated rings. The summed E-state index contributed by atoms with van der Waals surface area (Å²) in [5.41, 5.74) is 2.44. The minimum absolute atomic E-state index is 0.132. The molecule has 0 unspecified atom stereocenters. The van der Waals surface area contributed by atoms with E-state index in [9.17, 15) is 15.0 Å². The molecule has 0 bridgehead atoms. The molecule has 1 amide bonds. The molecule has 2 aliphatic heterocycles. The Hall–Kier alpha value is -2.71. The lowest BCUT2D eigenvalue weighted by Gasteiger charge is -2.30. The third-order valence-electron chi connectivity index (χ3n) is 5.64. The third kappa shape index (κ3) is 4.65. The van der Waals surface area contributed by atoms with Crippen molar-refractivity contribution >= 4 is 11.9 Å². The van der Waals surface area contributed by atoms with Gasteiger partial charge in [0.25, 0.3) is 5.91 Å². The second-order valence-corrected chi connectivity index (χ2v) is 7.71. The highest BCUT2D eigenvalue weighted by Crippen LogP contribution is 2.22. The van der Waals surface area contributed by atoms with Crippen molar-refractivity contribution in [1.29, 1.82) is 0 Å². The van der Waals surface area contributed by atoms with Gasteiger partial charge in [0.2, 0.25) is 5.95 Å². The van der Waals surface area contributed by atoms with E-state index in [0.29, 0.717) is 24.6 Å². The number of phenols is 1. The SMILES string of the molecule is O=C(NC[C@@H](O)[C@@H]1Cc2ccc(O)cc2CN1)c1ccnc(N2CCCCC2)n1. The predicted octanol–water partition coefficient (Wildman–Crippen LogP) is 0.978. The zero-order valence-corrected chi connectivity index (χ0v) is 16.3. The zero-order chi connectivity index (χ0) is 20.2. The first-order valence-electron chi connectivity index (χ1n) is 10.2. The number of carbonyl (C=O) groups excluding carboxylic acids is 1. The van der Waals surface area contributed by atoms with E-state index in [0.717, 1.165) is 37.1 Å². The minimum Gasteiger partial charge on any atom is -0.508 e. The highest BCUT2D eigenvalue weighted by molar-refractivity contribution is 5.92. The molecular weight excluding hydrogens is 370 g/mol. The number of nitrogens with one attached hydrogen (secondary N) is 2. The van der Waals surface area contributed by atoms with Crippen LogP contribution in [-0.2, 0) is 13.0 Å². The number of piperidine rings is 1. The van der Waals surface area contributed by atoms with Gasteiger partial charge in [-0.2, -0.15) is 0 Å². The number of amides is 1. The van der Waals surface area contributed by atoms with Crippen LogP contribution in [0.15, 0.2) is 30.5 Å². The van der Waals surface area contributed by atoms with Crippen molar-refractivity contribution < 1.29 is 15.0 Å². The van der Waals surface area contributed by atoms with Crippen molar-refractivity contribution in [1.82, 2.24) is 20.6 Å². The molecule has 2 aromatic rings. The first kappa shape index (κ1) is 19.6. The molecule has 8 nitrogen and oxygen atoms in total.